The number of ether oxygens (including phenoxy) is 4. The SMILES string of the molecule is CO[C@@H]1OC(COS(=O)(=O)[O-])[C@H](OSOO[O-])[C@H](O[C@@H]2O[CH-][C@H](O)[C@H](O)C2O)C1NC(C)=O.[Na+].[Na+].[Na+]. The summed E-state index contributed by atoms with van der Waals surface area (Å²) in [6.07, 6.45) is -12.4. The molecule has 2 rings (SSSR count). The minimum atomic E-state index is -5.18. The van der Waals surface area contributed by atoms with Gasteiger partial charge in [0.1, 0.15) is 30.5 Å². The van der Waals surface area contributed by atoms with E-state index < -0.39 is 78.2 Å². The third kappa shape index (κ3) is 12.4. The first-order chi connectivity index (χ1) is 15.5. The van der Waals surface area contributed by atoms with E-state index >= 15 is 0 Å². The van der Waals surface area contributed by atoms with Crippen molar-refractivity contribution in [3.05, 3.63) is 6.61 Å². The number of carbonyl (C=O) groups excluding carboxylic acids is 1. The molecule has 0 aliphatic carbocycles. The molecule has 3 unspecified atom stereocenters. The van der Waals surface area contributed by atoms with Gasteiger partial charge < -0.3 is 49.4 Å². The van der Waals surface area contributed by atoms with Crippen molar-refractivity contribution in [3.8, 4) is 0 Å². The van der Waals surface area contributed by atoms with Crippen LogP contribution in [-0.4, -0.2) is 103 Å². The van der Waals surface area contributed by atoms with Gasteiger partial charge in [-0.25, -0.2) is 8.42 Å². The van der Waals surface area contributed by atoms with Crippen molar-refractivity contribution in [2.45, 2.75) is 62.2 Å². The molecule has 2 aliphatic heterocycles. The molecule has 2 heterocycles. The number of carbonyl (C=O) groups is 1. The molecular formula is C14H22NNa3O16S2. The Hall–Kier alpha value is 2.25. The zero-order chi connectivity index (χ0) is 24.8. The van der Waals surface area contributed by atoms with Crippen LogP contribution in [0.5, 0.6) is 0 Å². The Labute approximate surface area is 277 Å². The summed E-state index contributed by atoms with van der Waals surface area (Å²) in [6.45, 7) is 0.997. The molecule has 0 bridgehead atoms. The predicted octanol–water partition coefficient (Wildman–Crippen LogP) is -13.5. The Bertz CT molecular complexity index is 741. The van der Waals surface area contributed by atoms with Gasteiger partial charge in [0.15, 0.2) is 24.9 Å². The summed E-state index contributed by atoms with van der Waals surface area (Å²) >= 11 is -0.0378. The predicted molar refractivity (Wildman–Crippen MR) is 95.6 cm³/mol. The maximum atomic E-state index is 11.8. The molecular weight excluding hydrogens is 571 g/mol. The van der Waals surface area contributed by atoms with Gasteiger partial charge in [-0.3, -0.25) is 18.2 Å². The van der Waals surface area contributed by atoms with Crippen LogP contribution in [0.2, 0.25) is 0 Å². The molecule has 0 radical (unpaired) electrons. The first kappa shape index (κ1) is 40.4. The van der Waals surface area contributed by atoms with Crippen molar-refractivity contribution < 1.29 is 164 Å². The molecule has 36 heavy (non-hydrogen) atoms. The standard InChI is InChI=1S/C14H24NO16S2.3Na/c1-5(16)15-8-12(28-14-10(19)9(18)6(17)3-25-14)11(29-32-31-30-20)7(27-13(8)24-2)4-26-33(21,22)23;;;/h3,6-14,17-20H,4H2,1-2H3,(H,15,16)(H,21,22,23);;;/q-1;3*+1/p-2/t6-,7?,8?,9-,10?,11-,12+,13+,14-;;;/m0.../s1. The zero-order valence-corrected chi connectivity index (χ0v) is 27.6. The summed E-state index contributed by atoms with van der Waals surface area (Å²) in [4.78, 5) is 11.8. The van der Waals surface area contributed by atoms with E-state index in [1.165, 1.54) is 7.11 Å². The molecule has 4 N–H and O–H groups in total. The van der Waals surface area contributed by atoms with Gasteiger partial charge in [-0.2, -0.15) is 6.61 Å². The number of hydrogen-bond donors (Lipinski definition) is 4. The quantitative estimate of drug-likeness (QED) is 0.0254. The summed E-state index contributed by atoms with van der Waals surface area (Å²) in [7, 11) is -4.01. The van der Waals surface area contributed by atoms with E-state index in [1.54, 1.807) is 0 Å². The monoisotopic (exact) mass is 593 g/mol. The fourth-order valence-electron chi connectivity index (χ4n) is 3.08. The molecule has 1 amide bonds. The second-order valence-corrected chi connectivity index (χ2v) is 8.19. The van der Waals surface area contributed by atoms with Gasteiger partial charge in [0.25, 0.3) is 0 Å². The molecule has 0 aromatic rings. The van der Waals surface area contributed by atoms with E-state index in [0.29, 0.717) is 0 Å². The fourth-order valence-corrected chi connectivity index (χ4v) is 3.76. The van der Waals surface area contributed by atoms with Crippen molar-refractivity contribution in [1.82, 2.24) is 5.32 Å². The maximum absolute atomic E-state index is 11.8. The average Bonchev–Trinajstić information content (AvgIpc) is 2.74. The van der Waals surface area contributed by atoms with E-state index in [4.69, 9.17) is 23.1 Å². The maximum Gasteiger partial charge on any atom is 1.00 e. The van der Waals surface area contributed by atoms with Gasteiger partial charge in [-0.1, -0.05) is 0 Å². The summed E-state index contributed by atoms with van der Waals surface area (Å²) in [5.74, 6) is -0.603. The zero-order valence-electron chi connectivity index (χ0n) is 19.9. The average molecular weight is 593 g/mol. The second-order valence-electron chi connectivity index (χ2n) is 6.68. The number of amides is 1. The van der Waals surface area contributed by atoms with Gasteiger partial charge >= 0.3 is 88.7 Å². The van der Waals surface area contributed by atoms with Gasteiger partial charge in [0.05, 0.1) is 12.7 Å². The van der Waals surface area contributed by atoms with E-state index in [1.807, 2.05) is 0 Å². The van der Waals surface area contributed by atoms with Gasteiger partial charge in [-0.05, 0) is 6.10 Å². The molecule has 0 saturated carbocycles. The number of rotatable bonds is 11. The van der Waals surface area contributed by atoms with Crippen molar-refractivity contribution in [2.75, 3.05) is 13.7 Å². The molecule has 22 heteroatoms. The van der Waals surface area contributed by atoms with Crippen LogP contribution in [0.15, 0.2) is 0 Å². The van der Waals surface area contributed by atoms with Gasteiger partial charge in [-0.15, -0.1) is 4.33 Å². The number of nitrogens with one attached hydrogen (secondary N) is 1. The normalized spacial score (nSPS) is 34.5. The number of aliphatic hydroxyl groups excluding tert-OH is 3. The Morgan fingerprint density at radius 2 is 1.78 bits per heavy atom. The van der Waals surface area contributed by atoms with Crippen LogP contribution in [0.1, 0.15) is 6.92 Å². The van der Waals surface area contributed by atoms with E-state index in [-0.39, 0.29) is 101 Å². The summed E-state index contributed by atoms with van der Waals surface area (Å²) < 4.78 is 67.6. The topological polar surface area (TPSA) is 244 Å². The molecule has 17 nitrogen and oxygen atoms in total. The van der Waals surface area contributed by atoms with Crippen LogP contribution < -0.4 is 99.2 Å². The molecule has 9 atom stereocenters. The van der Waals surface area contributed by atoms with Crippen LogP contribution >= 0.6 is 12.3 Å². The minimum Gasteiger partial charge on any atom is -0.726 e. The Balaban J connectivity index is 0. The van der Waals surface area contributed by atoms with Crippen LogP contribution in [0.4, 0.5) is 0 Å². The summed E-state index contributed by atoms with van der Waals surface area (Å²) in [5, 5.41) is 45.4. The van der Waals surface area contributed by atoms with Crippen LogP contribution in [0, 0.1) is 6.61 Å². The largest absolute Gasteiger partial charge is 1.00 e. The molecule has 0 aromatic heterocycles. The smallest absolute Gasteiger partial charge is 0.726 e. The minimum absolute atomic E-state index is 0. The Morgan fingerprint density at radius 1 is 1.14 bits per heavy atom. The molecule has 0 spiro atoms. The molecule has 0 aromatic carbocycles. The number of hydrogen-bond acceptors (Lipinski definition) is 17. The Kier molecular flexibility index (Phi) is 21.7. The molecule has 2 aliphatic rings. The molecule has 194 valence electrons. The third-order valence-corrected chi connectivity index (χ3v) is 5.29. The van der Waals surface area contributed by atoms with Gasteiger partial charge in [0.2, 0.25) is 16.3 Å². The molecule has 2 saturated heterocycles. The number of methoxy groups -OCH3 is 1. The molecule has 2 fully saturated rings. The van der Waals surface area contributed by atoms with Crippen molar-refractivity contribution in [1.29, 1.82) is 0 Å². The fraction of sp³-hybridized carbons (Fsp3) is 0.857. The van der Waals surface area contributed by atoms with Crippen LogP contribution in [0.25, 0.3) is 0 Å². The van der Waals surface area contributed by atoms with E-state index in [9.17, 15) is 38.3 Å². The van der Waals surface area contributed by atoms with E-state index in [2.05, 4.69) is 18.9 Å². The van der Waals surface area contributed by atoms with Gasteiger partial charge in [0, 0.05) is 14.0 Å². The first-order valence-electron chi connectivity index (χ1n) is 9.01. The van der Waals surface area contributed by atoms with Crippen molar-refractivity contribution >= 4 is 28.6 Å². The van der Waals surface area contributed by atoms with Crippen molar-refractivity contribution in [3.63, 3.8) is 0 Å². The van der Waals surface area contributed by atoms with Crippen molar-refractivity contribution in [2.24, 2.45) is 0 Å². The summed E-state index contributed by atoms with van der Waals surface area (Å²) in [6, 6.07) is -1.23. The second kappa shape index (κ2) is 19.4. The van der Waals surface area contributed by atoms with Crippen LogP contribution in [0.3, 0.4) is 0 Å². The third-order valence-electron chi connectivity index (χ3n) is 4.45. The van der Waals surface area contributed by atoms with E-state index in [0.717, 1.165) is 13.5 Å². The number of aliphatic hydroxyl groups is 3. The van der Waals surface area contributed by atoms with Crippen LogP contribution in [-0.2, 0) is 51.9 Å². The summed E-state index contributed by atoms with van der Waals surface area (Å²) in [5.41, 5.74) is 0. The Morgan fingerprint density at radius 3 is 2.31 bits per heavy atom. The first-order valence-corrected chi connectivity index (χ1v) is 11.0.